The molecule has 0 rings (SSSR count). The van der Waals surface area contributed by atoms with Crippen molar-refractivity contribution >= 4 is 39.0 Å². The van der Waals surface area contributed by atoms with E-state index in [0.29, 0.717) is 5.66 Å². The van der Waals surface area contributed by atoms with Gasteiger partial charge >= 0.3 is 0 Å². The van der Waals surface area contributed by atoms with E-state index in [9.17, 15) is 0 Å². The molecule has 0 saturated heterocycles. The summed E-state index contributed by atoms with van der Waals surface area (Å²) in [5.74, 6) is 0. The topological polar surface area (TPSA) is 0 Å². The van der Waals surface area contributed by atoms with E-state index in [1.54, 1.807) is 0 Å². The van der Waals surface area contributed by atoms with Crippen LogP contribution in [0.4, 0.5) is 0 Å². The van der Waals surface area contributed by atoms with Crippen molar-refractivity contribution in [3.8, 4) is 0 Å². The minimum absolute atomic E-state index is 0.00296. The quantitative estimate of drug-likeness (QED) is 0.426. The van der Waals surface area contributed by atoms with E-state index in [4.69, 9.17) is 23.2 Å². The Morgan fingerprint density at radius 1 is 0.933 bits per heavy atom. The standard InChI is InChI=1S/C11H24Cl2P2/c1-6-14(7-2)10(5)11(12,13)15(8-3)9-4/h10H,6-9H2,1-5H3. The minimum Gasteiger partial charge on any atom is -0.101 e. The molecule has 0 amide bonds. The SMILES string of the molecule is CCP(CC)C(C)C(Cl)(Cl)P(CC)CC. The number of halogens is 2. The minimum atomic E-state index is -0.462. The van der Waals surface area contributed by atoms with Crippen LogP contribution in [0.5, 0.6) is 0 Å². The zero-order valence-corrected chi connectivity index (χ0v) is 13.9. The van der Waals surface area contributed by atoms with Crippen LogP contribution in [-0.4, -0.2) is 34.4 Å². The van der Waals surface area contributed by atoms with Gasteiger partial charge in [0.15, 0.2) is 0 Å². The van der Waals surface area contributed by atoms with E-state index in [-0.39, 0.29) is 15.8 Å². The summed E-state index contributed by atoms with van der Waals surface area (Å²) < 4.78 is -0.462. The average molecular weight is 289 g/mol. The van der Waals surface area contributed by atoms with Crippen LogP contribution in [0.3, 0.4) is 0 Å². The van der Waals surface area contributed by atoms with Gasteiger partial charge in [0.05, 0.1) is 0 Å². The van der Waals surface area contributed by atoms with Gasteiger partial charge in [0.2, 0.25) is 0 Å². The molecule has 0 aromatic heterocycles. The molecule has 0 aliphatic carbocycles. The molecular formula is C11H24Cl2P2. The van der Waals surface area contributed by atoms with Crippen molar-refractivity contribution in [3.63, 3.8) is 0 Å². The zero-order valence-electron chi connectivity index (χ0n) is 10.6. The summed E-state index contributed by atoms with van der Waals surface area (Å²) in [6.07, 6.45) is 4.76. The van der Waals surface area contributed by atoms with E-state index in [2.05, 4.69) is 34.6 Å². The first kappa shape index (κ1) is 16.4. The van der Waals surface area contributed by atoms with Gasteiger partial charge in [-0.2, -0.15) is 0 Å². The summed E-state index contributed by atoms with van der Waals surface area (Å²) in [5, 5.41) is 0. The summed E-state index contributed by atoms with van der Waals surface area (Å²) in [4.78, 5) is 0. The smallest absolute Gasteiger partial charge is 0.101 e. The second-order valence-corrected chi connectivity index (χ2v) is 11.8. The maximum atomic E-state index is 6.62. The van der Waals surface area contributed by atoms with Crippen molar-refractivity contribution in [3.05, 3.63) is 0 Å². The summed E-state index contributed by atoms with van der Waals surface area (Å²) in [6, 6.07) is 0. The number of hydrogen-bond donors (Lipinski definition) is 0. The summed E-state index contributed by atoms with van der Waals surface area (Å²) in [5.41, 5.74) is 0.469. The molecule has 0 aliphatic rings. The fourth-order valence-corrected chi connectivity index (χ4v) is 8.94. The van der Waals surface area contributed by atoms with Gasteiger partial charge in [-0.15, -0.1) is 7.92 Å². The number of rotatable bonds is 7. The number of alkyl halides is 2. The lowest BCUT2D eigenvalue weighted by Crippen LogP contribution is -2.27. The van der Waals surface area contributed by atoms with E-state index < -0.39 is 4.07 Å². The summed E-state index contributed by atoms with van der Waals surface area (Å²) in [6.45, 7) is 11.2. The molecule has 0 radical (unpaired) electrons. The molecule has 0 aromatic carbocycles. The van der Waals surface area contributed by atoms with Crippen LogP contribution in [0, 0.1) is 0 Å². The molecule has 15 heavy (non-hydrogen) atoms. The summed E-state index contributed by atoms with van der Waals surface area (Å²) in [7, 11) is -0.233. The van der Waals surface area contributed by atoms with Crippen LogP contribution in [-0.2, 0) is 0 Å². The number of hydrogen-bond acceptors (Lipinski definition) is 0. The molecule has 0 saturated carbocycles. The molecule has 0 nitrogen and oxygen atoms in total. The highest BCUT2D eigenvalue weighted by atomic mass is 35.5. The average Bonchev–Trinajstić information content (AvgIpc) is 2.20. The molecule has 1 atom stereocenters. The molecule has 92 valence electrons. The molecule has 0 aliphatic heterocycles. The maximum Gasteiger partial charge on any atom is 0.143 e. The monoisotopic (exact) mass is 288 g/mol. The van der Waals surface area contributed by atoms with Crippen LogP contribution < -0.4 is 0 Å². The molecule has 0 N–H and O–H groups in total. The van der Waals surface area contributed by atoms with Crippen molar-refractivity contribution in [1.29, 1.82) is 0 Å². The molecule has 0 fully saturated rings. The zero-order chi connectivity index (χ0) is 12.1. The third-order valence-electron chi connectivity index (χ3n) is 3.05. The lowest BCUT2D eigenvalue weighted by atomic mass is 10.5. The van der Waals surface area contributed by atoms with Gasteiger partial charge in [-0.05, 0) is 24.6 Å². The Kier molecular flexibility index (Phi) is 8.45. The Hall–Kier alpha value is 1.44. The molecule has 0 heterocycles. The van der Waals surface area contributed by atoms with Crippen molar-refractivity contribution in [2.75, 3.05) is 24.6 Å². The molecular weight excluding hydrogens is 265 g/mol. The summed E-state index contributed by atoms with van der Waals surface area (Å²) >= 11 is 13.2. The lowest BCUT2D eigenvalue weighted by Gasteiger charge is -2.38. The Morgan fingerprint density at radius 2 is 1.33 bits per heavy atom. The fraction of sp³-hybridized carbons (Fsp3) is 1.00. The van der Waals surface area contributed by atoms with E-state index >= 15 is 0 Å². The third-order valence-corrected chi connectivity index (χ3v) is 11.5. The van der Waals surface area contributed by atoms with Crippen LogP contribution in [0.2, 0.25) is 0 Å². The maximum absolute atomic E-state index is 6.62. The highest BCUT2D eigenvalue weighted by Gasteiger charge is 2.40. The second kappa shape index (κ2) is 7.71. The van der Waals surface area contributed by atoms with Crippen LogP contribution in [0.25, 0.3) is 0 Å². The van der Waals surface area contributed by atoms with Crippen LogP contribution >= 0.6 is 39.0 Å². The molecule has 0 bridgehead atoms. The second-order valence-electron chi connectivity index (χ2n) is 3.66. The molecule has 0 aromatic rings. The van der Waals surface area contributed by atoms with E-state index in [1.165, 1.54) is 12.3 Å². The highest BCUT2D eigenvalue weighted by molar-refractivity contribution is 7.66. The normalized spacial score (nSPS) is 15.0. The predicted molar refractivity (Wildman–Crippen MR) is 79.9 cm³/mol. The molecule has 4 heteroatoms. The third kappa shape index (κ3) is 4.31. The van der Waals surface area contributed by atoms with Gasteiger partial charge in [-0.3, -0.25) is 0 Å². The predicted octanol–water partition coefficient (Wildman–Crippen LogP) is 5.55. The van der Waals surface area contributed by atoms with Crippen molar-refractivity contribution in [1.82, 2.24) is 0 Å². The first-order valence-electron chi connectivity index (χ1n) is 5.82. The Morgan fingerprint density at radius 3 is 1.60 bits per heavy atom. The molecule has 1 unspecified atom stereocenters. The first-order valence-corrected chi connectivity index (χ1v) is 10.1. The molecule has 0 spiro atoms. The highest BCUT2D eigenvalue weighted by Crippen LogP contribution is 2.63. The van der Waals surface area contributed by atoms with Crippen molar-refractivity contribution in [2.24, 2.45) is 0 Å². The van der Waals surface area contributed by atoms with Crippen molar-refractivity contribution in [2.45, 2.75) is 44.4 Å². The lowest BCUT2D eigenvalue weighted by molar-refractivity contribution is 0.960. The van der Waals surface area contributed by atoms with Gasteiger partial charge < -0.3 is 0 Å². The van der Waals surface area contributed by atoms with Gasteiger partial charge in [-0.1, -0.05) is 65.7 Å². The van der Waals surface area contributed by atoms with Crippen LogP contribution in [0.1, 0.15) is 34.6 Å². The fourth-order valence-electron chi connectivity index (χ4n) is 1.90. The van der Waals surface area contributed by atoms with Crippen molar-refractivity contribution < 1.29 is 0 Å². The Balaban J connectivity index is 4.67. The first-order chi connectivity index (χ1) is 6.95. The largest absolute Gasteiger partial charge is 0.143 e. The Labute approximate surface area is 108 Å². The van der Waals surface area contributed by atoms with Crippen LogP contribution in [0.15, 0.2) is 0 Å². The van der Waals surface area contributed by atoms with E-state index in [0.717, 1.165) is 12.3 Å². The van der Waals surface area contributed by atoms with Gasteiger partial charge in [0, 0.05) is 5.66 Å². The van der Waals surface area contributed by atoms with Gasteiger partial charge in [0.1, 0.15) is 4.07 Å². The van der Waals surface area contributed by atoms with Gasteiger partial charge in [-0.25, -0.2) is 0 Å². The Bertz CT molecular complexity index is 166. The van der Waals surface area contributed by atoms with Gasteiger partial charge in [0.25, 0.3) is 0 Å². The van der Waals surface area contributed by atoms with E-state index in [1.807, 2.05) is 0 Å².